The Bertz CT molecular complexity index is 474. The van der Waals surface area contributed by atoms with Gasteiger partial charge in [0.1, 0.15) is 6.67 Å². The normalized spacial score (nSPS) is 15.8. The van der Waals surface area contributed by atoms with Gasteiger partial charge in [0.15, 0.2) is 11.5 Å². The van der Waals surface area contributed by atoms with Crippen molar-refractivity contribution in [1.82, 2.24) is 10.2 Å². The van der Waals surface area contributed by atoms with E-state index in [0.717, 1.165) is 31.7 Å². The van der Waals surface area contributed by atoms with Crippen molar-refractivity contribution in [3.8, 4) is 17.2 Å². The fraction of sp³-hybridized carbons (Fsp3) is 0.600. The summed E-state index contributed by atoms with van der Waals surface area (Å²) in [7, 11) is 4.69. The minimum absolute atomic E-state index is 0. The van der Waals surface area contributed by atoms with Gasteiger partial charge in [0.2, 0.25) is 5.75 Å². The molecule has 0 aromatic heterocycles. The lowest BCUT2D eigenvalue weighted by Gasteiger charge is -2.34. The van der Waals surface area contributed by atoms with Crippen LogP contribution in [0.3, 0.4) is 0 Å². The van der Waals surface area contributed by atoms with Crippen LogP contribution in [-0.2, 0) is 0 Å². The van der Waals surface area contributed by atoms with Crippen molar-refractivity contribution in [2.45, 2.75) is 6.04 Å². The van der Waals surface area contributed by atoms with E-state index in [1.165, 1.54) is 0 Å². The number of piperazine rings is 1. The van der Waals surface area contributed by atoms with E-state index in [2.05, 4.69) is 10.2 Å². The number of methoxy groups -OCH3 is 3. The Morgan fingerprint density at radius 2 is 1.65 bits per heavy atom. The van der Waals surface area contributed by atoms with E-state index in [9.17, 15) is 4.39 Å². The molecule has 1 saturated heterocycles. The Labute approximate surface area is 149 Å². The summed E-state index contributed by atoms with van der Waals surface area (Å²) in [5.41, 5.74) is 0.791. The van der Waals surface area contributed by atoms with Gasteiger partial charge in [0, 0.05) is 31.7 Å². The smallest absolute Gasteiger partial charge is 0.203 e. The van der Waals surface area contributed by atoms with Crippen LogP contribution in [0.15, 0.2) is 12.1 Å². The minimum atomic E-state index is -0.466. The third-order valence-electron chi connectivity index (χ3n) is 3.83. The number of halogens is 3. The maximum atomic E-state index is 13.7. The van der Waals surface area contributed by atoms with Crippen LogP contribution < -0.4 is 19.5 Å². The van der Waals surface area contributed by atoms with Gasteiger partial charge in [-0.2, -0.15) is 0 Å². The van der Waals surface area contributed by atoms with E-state index in [1.54, 1.807) is 27.4 Å². The first-order chi connectivity index (χ1) is 10.3. The summed E-state index contributed by atoms with van der Waals surface area (Å²) in [4.78, 5) is 2.13. The van der Waals surface area contributed by atoms with Gasteiger partial charge in [-0.3, -0.25) is 4.90 Å². The van der Waals surface area contributed by atoms with Crippen LogP contribution in [0.1, 0.15) is 11.6 Å². The number of hydrogen-bond acceptors (Lipinski definition) is 5. The Hall–Kier alpha value is -0.950. The van der Waals surface area contributed by atoms with Crippen LogP contribution in [-0.4, -0.2) is 59.1 Å². The highest BCUT2D eigenvalue weighted by atomic mass is 35.5. The molecule has 1 aliphatic heterocycles. The van der Waals surface area contributed by atoms with E-state index in [4.69, 9.17) is 14.2 Å². The van der Waals surface area contributed by atoms with Crippen molar-refractivity contribution in [3.63, 3.8) is 0 Å². The van der Waals surface area contributed by atoms with Crippen molar-refractivity contribution < 1.29 is 18.6 Å². The molecule has 0 unspecified atom stereocenters. The molecule has 0 bridgehead atoms. The van der Waals surface area contributed by atoms with Crippen LogP contribution in [0.5, 0.6) is 17.2 Å². The fourth-order valence-electron chi connectivity index (χ4n) is 2.76. The minimum Gasteiger partial charge on any atom is -0.493 e. The molecule has 1 atom stereocenters. The number of benzene rings is 1. The molecule has 0 radical (unpaired) electrons. The molecule has 1 aromatic carbocycles. The van der Waals surface area contributed by atoms with Crippen molar-refractivity contribution in [2.75, 3.05) is 54.2 Å². The van der Waals surface area contributed by atoms with Gasteiger partial charge in [-0.1, -0.05) is 0 Å². The van der Waals surface area contributed by atoms with Gasteiger partial charge >= 0.3 is 0 Å². The summed E-state index contributed by atoms with van der Waals surface area (Å²) in [6.07, 6.45) is 0. The third kappa shape index (κ3) is 4.76. The second-order valence-corrected chi connectivity index (χ2v) is 4.88. The molecule has 8 heteroatoms. The third-order valence-corrected chi connectivity index (χ3v) is 3.83. The van der Waals surface area contributed by atoms with Crippen LogP contribution in [0.25, 0.3) is 0 Å². The predicted octanol–water partition coefficient (Wildman–Crippen LogP) is 2.47. The van der Waals surface area contributed by atoms with Crippen molar-refractivity contribution >= 4 is 24.8 Å². The van der Waals surface area contributed by atoms with Gasteiger partial charge in [0.05, 0.1) is 27.4 Å². The second kappa shape index (κ2) is 10.8. The molecule has 0 aliphatic carbocycles. The molecule has 5 nitrogen and oxygen atoms in total. The largest absolute Gasteiger partial charge is 0.493 e. The first kappa shape index (κ1) is 22.1. The first-order valence-corrected chi connectivity index (χ1v) is 7.06. The molecule has 1 heterocycles. The highest BCUT2D eigenvalue weighted by Gasteiger charge is 2.27. The molecule has 2 rings (SSSR count). The van der Waals surface area contributed by atoms with Gasteiger partial charge in [-0.25, -0.2) is 4.39 Å². The standard InChI is InChI=1S/C15H23FN2O3.2ClH/c1-19-13-5-4-11(14(20-2)15(13)21-3)12(10-16)18-8-6-17-7-9-18;;/h4-5,12,17H,6-10H2,1-3H3;2*1H/t12-;;/m1../s1. The Balaban J connectivity index is 0.00000242. The fourth-order valence-corrected chi connectivity index (χ4v) is 2.76. The number of nitrogens with one attached hydrogen (secondary N) is 1. The Morgan fingerprint density at radius 3 is 2.13 bits per heavy atom. The highest BCUT2D eigenvalue weighted by Crippen LogP contribution is 2.43. The van der Waals surface area contributed by atoms with Crippen LogP contribution in [0.4, 0.5) is 4.39 Å². The predicted molar refractivity (Wildman–Crippen MR) is 93.8 cm³/mol. The molecule has 134 valence electrons. The summed E-state index contributed by atoms with van der Waals surface area (Å²) in [6.45, 7) is 2.89. The number of ether oxygens (including phenoxy) is 3. The summed E-state index contributed by atoms with van der Waals surface area (Å²) < 4.78 is 29.8. The van der Waals surface area contributed by atoms with Crippen molar-refractivity contribution in [1.29, 1.82) is 0 Å². The van der Waals surface area contributed by atoms with E-state index in [-0.39, 0.29) is 30.9 Å². The molecule has 1 aromatic rings. The molecular weight excluding hydrogens is 346 g/mol. The summed E-state index contributed by atoms with van der Waals surface area (Å²) in [5.74, 6) is 1.63. The highest BCUT2D eigenvalue weighted by molar-refractivity contribution is 5.85. The lowest BCUT2D eigenvalue weighted by atomic mass is 10.0. The Morgan fingerprint density at radius 1 is 1.04 bits per heavy atom. The van der Waals surface area contributed by atoms with Crippen LogP contribution >= 0.6 is 24.8 Å². The molecule has 0 spiro atoms. The summed E-state index contributed by atoms with van der Waals surface area (Å²) in [5, 5.41) is 3.27. The molecule has 1 fully saturated rings. The first-order valence-electron chi connectivity index (χ1n) is 7.06. The zero-order valence-corrected chi connectivity index (χ0v) is 15.3. The maximum Gasteiger partial charge on any atom is 0.203 e. The number of alkyl halides is 1. The second-order valence-electron chi connectivity index (χ2n) is 4.88. The topological polar surface area (TPSA) is 43.0 Å². The van der Waals surface area contributed by atoms with E-state index >= 15 is 0 Å². The zero-order chi connectivity index (χ0) is 15.2. The van der Waals surface area contributed by atoms with E-state index < -0.39 is 6.67 Å². The maximum absolute atomic E-state index is 13.7. The van der Waals surface area contributed by atoms with Crippen molar-refractivity contribution in [3.05, 3.63) is 17.7 Å². The van der Waals surface area contributed by atoms with Gasteiger partial charge in [-0.15, -0.1) is 24.8 Å². The molecule has 1 N–H and O–H groups in total. The Kier molecular flexibility index (Phi) is 10.3. The quantitative estimate of drug-likeness (QED) is 0.832. The van der Waals surface area contributed by atoms with Crippen molar-refractivity contribution in [2.24, 2.45) is 0 Å². The molecule has 0 amide bonds. The average Bonchev–Trinajstić information content (AvgIpc) is 2.55. The number of rotatable bonds is 6. The lowest BCUT2D eigenvalue weighted by Crippen LogP contribution is -2.45. The van der Waals surface area contributed by atoms with E-state index in [1.807, 2.05) is 6.07 Å². The van der Waals surface area contributed by atoms with E-state index in [0.29, 0.717) is 17.2 Å². The lowest BCUT2D eigenvalue weighted by molar-refractivity contribution is 0.144. The van der Waals surface area contributed by atoms with Gasteiger partial charge in [-0.05, 0) is 12.1 Å². The van der Waals surface area contributed by atoms with Gasteiger partial charge in [0.25, 0.3) is 0 Å². The SMILES string of the molecule is COc1ccc([C@@H](CF)N2CCNCC2)c(OC)c1OC.Cl.Cl. The summed E-state index contributed by atoms with van der Waals surface area (Å²) >= 11 is 0. The summed E-state index contributed by atoms with van der Waals surface area (Å²) in [6, 6.07) is 3.32. The average molecular weight is 371 g/mol. The molecule has 23 heavy (non-hydrogen) atoms. The van der Waals surface area contributed by atoms with Crippen LogP contribution in [0.2, 0.25) is 0 Å². The number of hydrogen-bond donors (Lipinski definition) is 1. The van der Waals surface area contributed by atoms with Gasteiger partial charge < -0.3 is 19.5 Å². The van der Waals surface area contributed by atoms with Crippen LogP contribution in [0, 0.1) is 0 Å². The zero-order valence-electron chi connectivity index (χ0n) is 13.6. The monoisotopic (exact) mass is 370 g/mol. The molecule has 0 saturated carbocycles. The number of nitrogens with zero attached hydrogens (tertiary/aromatic N) is 1. The molecule has 1 aliphatic rings. The molecular formula is C15H25Cl2FN2O3.